The molecule has 2 heterocycles. The number of alkyl carbamates (subject to hydrolysis) is 1. The van der Waals surface area contributed by atoms with Crippen molar-refractivity contribution in [3.8, 4) is 11.6 Å². The number of alkyl halides is 3. The molecule has 0 aliphatic rings. The van der Waals surface area contributed by atoms with Gasteiger partial charge in [-0.3, -0.25) is 0 Å². The molecule has 2 aromatic heterocycles. The zero-order chi connectivity index (χ0) is 29.8. The van der Waals surface area contributed by atoms with Crippen LogP contribution in [0.5, 0.6) is 11.6 Å². The number of amides is 3. The van der Waals surface area contributed by atoms with Gasteiger partial charge < -0.3 is 30.0 Å². The molecule has 14 heteroatoms. The molecular formula is C27H26ClF3N6O4. The first-order chi connectivity index (χ1) is 19.3. The van der Waals surface area contributed by atoms with Crippen molar-refractivity contribution in [2.45, 2.75) is 39.1 Å². The van der Waals surface area contributed by atoms with E-state index in [1.165, 1.54) is 36.7 Å². The lowest BCUT2D eigenvalue weighted by Crippen LogP contribution is -2.34. The molecule has 0 atom stereocenters. The lowest BCUT2D eigenvalue weighted by atomic mass is 10.2. The van der Waals surface area contributed by atoms with Gasteiger partial charge in [0.15, 0.2) is 0 Å². The summed E-state index contributed by atoms with van der Waals surface area (Å²) < 4.78 is 51.8. The number of halogens is 4. The number of urea groups is 1. The highest BCUT2D eigenvalue weighted by molar-refractivity contribution is 6.34. The molecule has 10 nitrogen and oxygen atoms in total. The smallest absolute Gasteiger partial charge is 0.416 e. The molecular weight excluding hydrogens is 565 g/mol. The van der Waals surface area contributed by atoms with Gasteiger partial charge in [-0.25, -0.2) is 14.6 Å². The van der Waals surface area contributed by atoms with Crippen LogP contribution in [0.2, 0.25) is 5.02 Å². The number of carbonyl (C=O) groups excluding carboxylic acids is 2. The normalized spacial score (nSPS) is 11.7. The third-order valence-corrected chi connectivity index (χ3v) is 5.70. The Hall–Kier alpha value is -4.52. The van der Waals surface area contributed by atoms with E-state index >= 15 is 0 Å². The van der Waals surface area contributed by atoms with E-state index in [1.807, 2.05) is 4.57 Å². The van der Waals surface area contributed by atoms with E-state index in [9.17, 15) is 22.8 Å². The van der Waals surface area contributed by atoms with Crippen LogP contribution in [-0.4, -0.2) is 38.8 Å². The monoisotopic (exact) mass is 590 g/mol. The Morgan fingerprint density at radius 3 is 2.51 bits per heavy atom. The van der Waals surface area contributed by atoms with Crippen LogP contribution in [0.1, 0.15) is 26.3 Å². The topological polar surface area (TPSA) is 119 Å². The lowest BCUT2D eigenvalue weighted by molar-refractivity contribution is -0.137. The van der Waals surface area contributed by atoms with E-state index in [1.54, 1.807) is 33.0 Å². The van der Waals surface area contributed by atoms with Gasteiger partial charge in [0.05, 0.1) is 21.8 Å². The third-order valence-electron chi connectivity index (χ3n) is 5.39. The van der Waals surface area contributed by atoms with E-state index in [-0.39, 0.29) is 28.8 Å². The highest BCUT2D eigenvalue weighted by Crippen LogP contribution is 2.33. The van der Waals surface area contributed by atoms with Gasteiger partial charge in [0.1, 0.15) is 23.2 Å². The number of benzene rings is 2. The number of nitrogens with zero attached hydrogens (tertiary/aromatic N) is 3. The Bertz CT molecular complexity index is 1570. The van der Waals surface area contributed by atoms with Gasteiger partial charge in [-0.1, -0.05) is 17.7 Å². The quantitative estimate of drug-likeness (QED) is 0.212. The highest BCUT2D eigenvalue weighted by Gasteiger charge is 2.30. The number of carbonyl (C=O) groups is 2. The zero-order valence-electron chi connectivity index (χ0n) is 22.2. The largest absolute Gasteiger partial charge is 0.444 e. The first kappa shape index (κ1) is 29.5. The van der Waals surface area contributed by atoms with Crippen LogP contribution in [-0.2, 0) is 17.5 Å². The number of hydrogen-bond donors (Lipinski definition) is 3. The van der Waals surface area contributed by atoms with Crippen LogP contribution in [0.25, 0.3) is 11.0 Å². The van der Waals surface area contributed by atoms with Gasteiger partial charge >= 0.3 is 18.3 Å². The molecule has 0 radical (unpaired) electrons. The summed E-state index contributed by atoms with van der Waals surface area (Å²) in [4.78, 5) is 32.8. The van der Waals surface area contributed by atoms with Gasteiger partial charge in [0.25, 0.3) is 0 Å². The summed E-state index contributed by atoms with van der Waals surface area (Å²) in [5.41, 5.74) is -0.143. The minimum absolute atomic E-state index is 0.0366. The summed E-state index contributed by atoms with van der Waals surface area (Å²) in [7, 11) is 0. The zero-order valence-corrected chi connectivity index (χ0v) is 22.9. The van der Waals surface area contributed by atoms with Crippen LogP contribution in [0.3, 0.4) is 0 Å². The minimum Gasteiger partial charge on any atom is -0.444 e. The van der Waals surface area contributed by atoms with E-state index < -0.39 is 29.5 Å². The van der Waals surface area contributed by atoms with Crippen molar-refractivity contribution in [3.05, 3.63) is 71.6 Å². The molecule has 0 aliphatic heterocycles. The summed E-state index contributed by atoms with van der Waals surface area (Å²) >= 11 is 6.34. The molecule has 0 saturated heterocycles. The fourth-order valence-electron chi connectivity index (χ4n) is 3.69. The van der Waals surface area contributed by atoms with Crippen LogP contribution >= 0.6 is 11.6 Å². The van der Waals surface area contributed by atoms with E-state index in [4.69, 9.17) is 21.1 Å². The molecule has 4 aromatic rings. The second-order valence-corrected chi connectivity index (χ2v) is 10.2. The first-order valence-electron chi connectivity index (χ1n) is 12.3. The van der Waals surface area contributed by atoms with Crippen molar-refractivity contribution in [2.75, 3.05) is 17.2 Å². The predicted octanol–water partition coefficient (Wildman–Crippen LogP) is 7.06. The molecule has 0 unspecified atom stereocenters. The SMILES string of the molecule is CC(C)(C)OC(=O)NCCn1ccc2ncnc(Oc3ccc(NC(=O)Nc4cccc(C(F)(F)F)c4)c(Cl)c3)c21. The average molecular weight is 591 g/mol. The second-order valence-electron chi connectivity index (χ2n) is 9.75. The fourth-order valence-corrected chi connectivity index (χ4v) is 3.90. The molecule has 3 N–H and O–H groups in total. The summed E-state index contributed by atoms with van der Waals surface area (Å²) in [6.45, 7) is 5.99. The second kappa shape index (κ2) is 11.9. The maximum Gasteiger partial charge on any atom is 0.416 e. The van der Waals surface area contributed by atoms with Crippen molar-refractivity contribution < 1.29 is 32.2 Å². The molecule has 0 bridgehead atoms. The number of nitrogens with one attached hydrogen (secondary N) is 3. The van der Waals surface area contributed by atoms with Crippen LogP contribution < -0.4 is 20.7 Å². The van der Waals surface area contributed by atoms with Crippen molar-refractivity contribution >= 4 is 46.1 Å². The summed E-state index contributed by atoms with van der Waals surface area (Å²) in [6, 6.07) is 9.71. The molecule has 2 aromatic carbocycles. The molecule has 41 heavy (non-hydrogen) atoms. The van der Waals surface area contributed by atoms with Crippen molar-refractivity contribution in [2.24, 2.45) is 0 Å². The maximum absolute atomic E-state index is 12.9. The summed E-state index contributed by atoms with van der Waals surface area (Å²) in [6.07, 6.45) is -1.95. The van der Waals surface area contributed by atoms with Crippen molar-refractivity contribution in [1.29, 1.82) is 0 Å². The molecule has 0 spiro atoms. The van der Waals surface area contributed by atoms with Crippen molar-refractivity contribution in [1.82, 2.24) is 19.9 Å². The number of anilines is 2. The highest BCUT2D eigenvalue weighted by atomic mass is 35.5. The Balaban J connectivity index is 1.42. The minimum atomic E-state index is -4.54. The Morgan fingerprint density at radius 2 is 1.80 bits per heavy atom. The summed E-state index contributed by atoms with van der Waals surface area (Å²) in [5.74, 6) is 0.537. The lowest BCUT2D eigenvalue weighted by Gasteiger charge is -2.19. The van der Waals surface area contributed by atoms with Gasteiger partial charge in [0.2, 0.25) is 5.88 Å². The molecule has 0 saturated carbocycles. The first-order valence-corrected chi connectivity index (χ1v) is 12.7. The number of hydrogen-bond acceptors (Lipinski definition) is 6. The number of rotatable bonds is 7. The van der Waals surface area contributed by atoms with Gasteiger partial charge in [-0.2, -0.15) is 18.2 Å². The molecule has 0 aliphatic carbocycles. The predicted molar refractivity (Wildman–Crippen MR) is 147 cm³/mol. The van der Waals surface area contributed by atoms with Crippen molar-refractivity contribution in [3.63, 3.8) is 0 Å². The molecule has 216 valence electrons. The standard InChI is InChI=1S/C27H26ClF3N6O4/c1-26(2,3)41-25(39)32-10-12-37-11-9-21-22(37)23(34-15-33-21)40-18-7-8-20(19(28)14-18)36-24(38)35-17-6-4-5-16(13-17)27(29,30)31/h4-9,11,13-15H,10,12H2,1-3H3,(H,32,39)(H2,35,36,38). The van der Waals surface area contributed by atoms with E-state index in [2.05, 4.69) is 25.9 Å². The third kappa shape index (κ3) is 8.01. The number of fused-ring (bicyclic) bond motifs is 1. The van der Waals surface area contributed by atoms with Gasteiger partial charge in [0, 0.05) is 31.0 Å². The molecule has 4 rings (SSSR count). The van der Waals surface area contributed by atoms with E-state index in [0.717, 1.165) is 12.1 Å². The fraction of sp³-hybridized carbons (Fsp3) is 0.259. The van der Waals surface area contributed by atoms with Gasteiger partial charge in [-0.15, -0.1) is 0 Å². The molecule has 0 fully saturated rings. The Morgan fingerprint density at radius 1 is 1.02 bits per heavy atom. The molecule has 3 amide bonds. The Labute approximate surface area is 237 Å². The van der Waals surface area contributed by atoms with Crippen LogP contribution in [0.15, 0.2) is 61.1 Å². The number of aromatic nitrogens is 3. The Kier molecular flexibility index (Phi) is 8.57. The van der Waals surface area contributed by atoms with Crippen LogP contribution in [0, 0.1) is 0 Å². The maximum atomic E-state index is 12.9. The van der Waals surface area contributed by atoms with Gasteiger partial charge in [-0.05, 0) is 57.2 Å². The average Bonchev–Trinajstić information content (AvgIpc) is 3.28. The number of ether oxygens (including phenoxy) is 2. The summed E-state index contributed by atoms with van der Waals surface area (Å²) in [5, 5.41) is 7.65. The van der Waals surface area contributed by atoms with E-state index in [0.29, 0.717) is 23.3 Å². The van der Waals surface area contributed by atoms with Crippen LogP contribution in [0.4, 0.5) is 34.1 Å².